The van der Waals surface area contributed by atoms with Crippen molar-refractivity contribution in [2.24, 2.45) is 0 Å². The highest BCUT2D eigenvalue weighted by atomic mass is 16.3. The summed E-state index contributed by atoms with van der Waals surface area (Å²) in [5.74, 6) is -0.231. The number of phenols is 8. The molecule has 0 amide bonds. The summed E-state index contributed by atoms with van der Waals surface area (Å²) < 4.78 is 0. The van der Waals surface area contributed by atoms with Gasteiger partial charge in [-0.3, -0.25) is 0 Å². The van der Waals surface area contributed by atoms with Crippen molar-refractivity contribution in [1.82, 2.24) is 0 Å². The van der Waals surface area contributed by atoms with Crippen LogP contribution in [0.3, 0.4) is 0 Å². The van der Waals surface area contributed by atoms with E-state index in [1.165, 1.54) is 0 Å². The van der Waals surface area contributed by atoms with Crippen molar-refractivity contribution in [3.05, 3.63) is 231 Å². The lowest BCUT2D eigenvalue weighted by Crippen LogP contribution is -2.17. The minimum Gasteiger partial charge on any atom is -0.507 e. The molecule has 8 nitrogen and oxygen atoms in total. The monoisotopic (exact) mass is 1350 g/mol. The van der Waals surface area contributed by atoms with Crippen molar-refractivity contribution in [2.45, 2.75) is 286 Å². The van der Waals surface area contributed by atoms with Gasteiger partial charge in [0, 0.05) is 72.6 Å². The van der Waals surface area contributed by atoms with Gasteiger partial charge in [0.25, 0.3) is 0 Å². The number of rotatable bonds is 5. The third-order valence-electron chi connectivity index (χ3n) is 21.9. The molecule has 8 aromatic carbocycles. The second-order valence-electron chi connectivity index (χ2n) is 38.3. The molecule has 534 valence electrons. The first-order valence-electron chi connectivity index (χ1n) is 36.7. The number of benzene rings is 8. The SMILES string of the molecule is CC(C)(C)c1cc2c(O)c(c1)Cc1cc(C(C)(C)C)cc(c1O)C(CCCCC1c3cc(C(C)(C)C)cc(c3O)Cc3cc(C(C)(C)C)cc(c3O)Cc3cc(C(C)(C)C)cc(c3O)Cc3cc(C(C)(C)C)cc1c3O)c1cc(C(C)(C)C)cc(c1O)Cc1cc(C(C)(C)C)cc(c1O)C2. The molecule has 0 radical (unpaired) electrons. The van der Waals surface area contributed by atoms with Crippen molar-refractivity contribution >= 4 is 0 Å². The van der Waals surface area contributed by atoms with E-state index >= 15 is 0 Å². The quantitative estimate of drug-likeness (QED) is 0.0790. The van der Waals surface area contributed by atoms with Crippen LogP contribution in [-0.2, 0) is 81.8 Å². The molecule has 0 atom stereocenters. The highest BCUT2D eigenvalue weighted by Gasteiger charge is 2.35. The highest BCUT2D eigenvalue weighted by Crippen LogP contribution is 2.52. The first-order chi connectivity index (χ1) is 45.9. The van der Waals surface area contributed by atoms with Crippen molar-refractivity contribution in [1.29, 1.82) is 0 Å². The standard InChI is InChI=1S/C92H118O8/c1-85(2,3)63-35-51-29-52-36-64(86(4,5)6)40-56(78(52)94)32-60-44-68(90(16,17)18)48-74(82(60)98)71(73-47-67(89(13,14)15)43-59(81(73)97)31-55(39-63)77(51)93)27-25-26-28-72-75-49-69(91(19,20)21)45-61(83(75)99)33-57-41-65(87(7,8)9)37-53(79(57)95)30-54-38-66(88(10,11)12)42-58(80(54)96)34-62-46-70(92(22,23)24)50-76(72)84(62)100/h35-50,71-72,93-100H,25-34H2,1-24H3. The maximum atomic E-state index is 13.4. The fraction of sp³-hybridized carbons (Fsp3) is 0.478. The largest absolute Gasteiger partial charge is 0.507 e. The van der Waals surface area contributed by atoms with Gasteiger partial charge in [-0.15, -0.1) is 0 Å². The Morgan fingerprint density at radius 3 is 0.450 bits per heavy atom. The number of aromatic hydroxyl groups is 8. The lowest BCUT2D eigenvalue weighted by Gasteiger charge is -2.30. The number of fused-ring (bicyclic) bond motifs is 16. The summed E-state index contributed by atoms with van der Waals surface area (Å²) in [6, 6.07) is 33.4. The second kappa shape index (κ2) is 26.2. The molecule has 0 fully saturated rings. The van der Waals surface area contributed by atoms with Crippen LogP contribution in [0.4, 0.5) is 0 Å². The van der Waals surface area contributed by atoms with Crippen molar-refractivity contribution in [2.75, 3.05) is 0 Å². The van der Waals surface area contributed by atoms with Crippen molar-refractivity contribution in [3.8, 4) is 46.0 Å². The van der Waals surface area contributed by atoms with Crippen LogP contribution in [0.15, 0.2) is 97.1 Å². The Morgan fingerprint density at radius 2 is 0.320 bits per heavy atom. The number of hydrogen-bond donors (Lipinski definition) is 8. The molecule has 0 saturated heterocycles. The maximum absolute atomic E-state index is 13.4. The molecular formula is C92H118O8. The van der Waals surface area contributed by atoms with Crippen LogP contribution < -0.4 is 0 Å². The Morgan fingerprint density at radius 1 is 0.200 bits per heavy atom. The predicted octanol–water partition coefficient (Wildman–Crippen LogP) is 22.4. The third-order valence-corrected chi connectivity index (χ3v) is 21.9. The summed E-state index contributed by atoms with van der Waals surface area (Å²) in [4.78, 5) is 0. The van der Waals surface area contributed by atoms with Gasteiger partial charge >= 0.3 is 0 Å². The normalized spacial score (nSPS) is 14.8. The molecular weight excluding hydrogens is 1230 g/mol. The molecule has 10 rings (SSSR count). The lowest BCUT2D eigenvalue weighted by atomic mass is 9.75. The summed E-state index contributed by atoms with van der Waals surface area (Å²) in [6.07, 6.45) is 3.44. The van der Waals surface area contributed by atoms with Crippen LogP contribution in [0.1, 0.15) is 337 Å². The minimum atomic E-state index is -0.585. The van der Waals surface area contributed by atoms with Crippen LogP contribution in [0, 0.1) is 0 Å². The molecule has 0 heterocycles. The summed E-state index contributed by atoms with van der Waals surface area (Å²) in [5.41, 5.74) is 16.0. The number of phenolic OH excluding ortho intramolecular Hbond substituents is 8. The molecule has 8 aromatic rings. The molecule has 0 spiro atoms. The average Bonchev–Trinajstić information content (AvgIpc) is 0.761. The van der Waals surface area contributed by atoms with E-state index in [2.05, 4.69) is 263 Å². The first-order valence-corrected chi connectivity index (χ1v) is 36.7. The van der Waals surface area contributed by atoms with Gasteiger partial charge in [0.15, 0.2) is 0 Å². The minimum absolute atomic E-state index is 0.106. The van der Waals surface area contributed by atoms with Crippen LogP contribution in [0.5, 0.6) is 46.0 Å². The smallest absolute Gasteiger partial charge is 0.122 e. The Balaban J connectivity index is 1.22. The van der Waals surface area contributed by atoms with Gasteiger partial charge in [0.1, 0.15) is 46.0 Å². The zero-order chi connectivity index (χ0) is 74.0. The summed E-state index contributed by atoms with van der Waals surface area (Å²) in [7, 11) is 0. The van der Waals surface area contributed by atoms with E-state index in [1.54, 1.807) is 0 Å². The van der Waals surface area contributed by atoms with Crippen LogP contribution in [-0.4, -0.2) is 40.9 Å². The van der Waals surface area contributed by atoms with E-state index in [9.17, 15) is 40.9 Å². The Kier molecular flexibility index (Phi) is 19.6. The average molecular weight is 1350 g/mol. The molecule has 16 bridgehead atoms. The molecule has 0 aromatic heterocycles. The van der Waals surface area contributed by atoms with Gasteiger partial charge < -0.3 is 40.9 Å². The van der Waals surface area contributed by atoms with E-state index in [1.807, 2.05) is 0 Å². The van der Waals surface area contributed by atoms with Gasteiger partial charge in [-0.25, -0.2) is 0 Å². The highest BCUT2D eigenvalue weighted by molar-refractivity contribution is 5.64. The molecule has 2 aliphatic rings. The van der Waals surface area contributed by atoms with Gasteiger partial charge in [-0.1, -0.05) is 276 Å². The Hall–Kier alpha value is -7.84. The van der Waals surface area contributed by atoms with E-state index in [0.717, 1.165) is 44.5 Å². The molecule has 2 aliphatic carbocycles. The Bertz CT molecular complexity index is 3910. The first kappa shape index (κ1) is 74.8. The van der Waals surface area contributed by atoms with Crippen LogP contribution in [0.25, 0.3) is 0 Å². The van der Waals surface area contributed by atoms with Gasteiger partial charge in [0.2, 0.25) is 0 Å². The van der Waals surface area contributed by atoms with Crippen LogP contribution in [0.2, 0.25) is 0 Å². The van der Waals surface area contributed by atoms with Crippen molar-refractivity contribution < 1.29 is 40.9 Å². The molecule has 100 heavy (non-hydrogen) atoms. The fourth-order valence-corrected chi connectivity index (χ4v) is 14.9. The second-order valence-corrected chi connectivity index (χ2v) is 38.3. The summed E-state index contributed by atoms with van der Waals surface area (Å²) in [5, 5.41) is 104. The van der Waals surface area contributed by atoms with Crippen LogP contribution >= 0.6 is 0 Å². The van der Waals surface area contributed by atoms with E-state index in [-0.39, 0.29) is 106 Å². The summed E-state index contributed by atoms with van der Waals surface area (Å²) in [6.45, 7) is 52.1. The number of hydrogen-bond acceptors (Lipinski definition) is 8. The third kappa shape index (κ3) is 15.5. The molecule has 8 heteroatoms. The lowest BCUT2D eigenvalue weighted by molar-refractivity contribution is 0.430. The fourth-order valence-electron chi connectivity index (χ4n) is 14.9. The zero-order valence-corrected chi connectivity index (χ0v) is 65.0. The molecule has 8 N–H and O–H groups in total. The molecule has 0 aliphatic heterocycles. The van der Waals surface area contributed by atoms with E-state index in [0.29, 0.717) is 115 Å². The van der Waals surface area contributed by atoms with E-state index < -0.39 is 33.5 Å². The predicted molar refractivity (Wildman–Crippen MR) is 413 cm³/mol. The number of unbranched alkanes of at least 4 members (excludes halogenated alkanes) is 1. The van der Waals surface area contributed by atoms with Gasteiger partial charge in [-0.05, 0) is 167 Å². The molecule has 0 saturated carbocycles. The van der Waals surface area contributed by atoms with Gasteiger partial charge in [-0.2, -0.15) is 0 Å². The topological polar surface area (TPSA) is 162 Å². The zero-order valence-electron chi connectivity index (χ0n) is 65.0. The van der Waals surface area contributed by atoms with E-state index in [4.69, 9.17) is 0 Å². The maximum Gasteiger partial charge on any atom is 0.122 e. The van der Waals surface area contributed by atoms with Gasteiger partial charge in [0.05, 0.1) is 0 Å². The Labute approximate surface area is 599 Å². The summed E-state index contributed by atoms with van der Waals surface area (Å²) >= 11 is 0. The molecule has 0 unspecified atom stereocenters. The van der Waals surface area contributed by atoms with Crippen molar-refractivity contribution in [3.63, 3.8) is 0 Å².